The van der Waals surface area contributed by atoms with Crippen LogP contribution >= 0.6 is 0 Å². The number of alkyl halides is 3. The Labute approximate surface area is 169 Å². The molecular formula is C22H16F4N4. The van der Waals surface area contributed by atoms with Gasteiger partial charge in [-0.3, -0.25) is 0 Å². The lowest BCUT2D eigenvalue weighted by Crippen LogP contribution is -2.07. The Hall–Kier alpha value is -3.68. The van der Waals surface area contributed by atoms with Crippen LogP contribution in [0.2, 0.25) is 0 Å². The number of aromatic nitrogens is 2. The molecular weight excluding hydrogens is 396 g/mol. The first-order chi connectivity index (χ1) is 14.4. The summed E-state index contributed by atoms with van der Waals surface area (Å²) < 4.78 is 52.0. The van der Waals surface area contributed by atoms with E-state index < -0.39 is 11.7 Å². The zero-order chi connectivity index (χ0) is 21.1. The second-order valence-electron chi connectivity index (χ2n) is 6.60. The molecule has 0 atom stereocenters. The molecule has 3 aromatic carbocycles. The summed E-state index contributed by atoms with van der Waals surface area (Å²) in [6.07, 6.45) is -4.44. The molecule has 0 aliphatic heterocycles. The predicted octanol–water partition coefficient (Wildman–Crippen LogP) is 6.14. The van der Waals surface area contributed by atoms with Gasteiger partial charge in [0.2, 0.25) is 5.95 Å². The second-order valence-corrected chi connectivity index (χ2v) is 6.60. The summed E-state index contributed by atoms with van der Waals surface area (Å²) in [5, 5.41) is 6.79. The first-order valence-corrected chi connectivity index (χ1v) is 9.08. The highest BCUT2D eigenvalue weighted by atomic mass is 19.4. The van der Waals surface area contributed by atoms with Crippen LogP contribution in [0.3, 0.4) is 0 Å². The number of hydrogen-bond acceptors (Lipinski definition) is 4. The van der Waals surface area contributed by atoms with Crippen LogP contribution in [-0.2, 0) is 12.7 Å². The molecule has 0 bridgehead atoms. The molecule has 0 aliphatic carbocycles. The molecule has 0 saturated heterocycles. The number of benzene rings is 3. The lowest BCUT2D eigenvalue weighted by molar-refractivity contribution is -0.137. The molecule has 0 aliphatic rings. The van der Waals surface area contributed by atoms with Gasteiger partial charge < -0.3 is 10.6 Å². The number of nitrogens with zero attached hydrogens (tertiary/aromatic N) is 2. The van der Waals surface area contributed by atoms with Crippen LogP contribution < -0.4 is 10.6 Å². The molecule has 2 N–H and O–H groups in total. The van der Waals surface area contributed by atoms with Crippen molar-refractivity contribution in [2.45, 2.75) is 12.7 Å². The number of hydrogen-bond donors (Lipinski definition) is 2. The third-order valence-corrected chi connectivity index (χ3v) is 4.42. The SMILES string of the molecule is Fc1ccc(CNc2nc(Nc3cccc(C(F)(F)F)c3)nc3ccccc23)cc1. The largest absolute Gasteiger partial charge is 0.416 e. The minimum Gasteiger partial charge on any atom is -0.365 e. The minimum atomic E-state index is -4.44. The van der Waals surface area contributed by atoms with Crippen LogP contribution in [0.1, 0.15) is 11.1 Å². The van der Waals surface area contributed by atoms with E-state index in [1.807, 2.05) is 18.2 Å². The van der Waals surface area contributed by atoms with Crippen molar-refractivity contribution in [2.75, 3.05) is 10.6 Å². The average molecular weight is 412 g/mol. The van der Waals surface area contributed by atoms with E-state index in [0.29, 0.717) is 17.9 Å². The highest BCUT2D eigenvalue weighted by molar-refractivity contribution is 5.90. The molecule has 1 aromatic heterocycles. The molecule has 0 saturated carbocycles. The van der Waals surface area contributed by atoms with Crippen molar-refractivity contribution in [1.29, 1.82) is 0 Å². The van der Waals surface area contributed by atoms with E-state index in [1.165, 1.54) is 24.3 Å². The zero-order valence-corrected chi connectivity index (χ0v) is 15.5. The van der Waals surface area contributed by atoms with Crippen LogP contribution in [0.15, 0.2) is 72.8 Å². The summed E-state index contributed by atoms with van der Waals surface area (Å²) in [5.41, 5.74) is 0.947. The van der Waals surface area contributed by atoms with Crippen molar-refractivity contribution in [1.82, 2.24) is 9.97 Å². The Morgan fingerprint density at radius 2 is 1.60 bits per heavy atom. The van der Waals surface area contributed by atoms with Gasteiger partial charge in [0.25, 0.3) is 0 Å². The minimum absolute atomic E-state index is 0.162. The van der Waals surface area contributed by atoms with Crippen LogP contribution in [0.4, 0.5) is 35.0 Å². The third-order valence-electron chi connectivity index (χ3n) is 4.42. The van der Waals surface area contributed by atoms with Crippen LogP contribution in [0.5, 0.6) is 0 Å². The van der Waals surface area contributed by atoms with Gasteiger partial charge in [0.05, 0.1) is 11.1 Å². The van der Waals surface area contributed by atoms with Crippen LogP contribution in [0.25, 0.3) is 10.9 Å². The Morgan fingerprint density at radius 1 is 0.833 bits per heavy atom. The first-order valence-electron chi connectivity index (χ1n) is 9.08. The van der Waals surface area contributed by atoms with Crippen LogP contribution in [0, 0.1) is 5.82 Å². The van der Waals surface area contributed by atoms with Gasteiger partial charge in [-0.05, 0) is 48.0 Å². The van der Waals surface area contributed by atoms with E-state index >= 15 is 0 Å². The number of rotatable bonds is 5. The molecule has 0 radical (unpaired) electrons. The van der Waals surface area contributed by atoms with Crippen molar-refractivity contribution < 1.29 is 17.6 Å². The molecule has 0 spiro atoms. The summed E-state index contributed by atoms with van der Waals surface area (Å²) in [6.45, 7) is 0.393. The maximum atomic E-state index is 13.1. The normalized spacial score (nSPS) is 11.5. The Morgan fingerprint density at radius 3 is 2.37 bits per heavy atom. The zero-order valence-electron chi connectivity index (χ0n) is 15.5. The quantitative estimate of drug-likeness (QED) is 0.387. The number of nitrogens with one attached hydrogen (secondary N) is 2. The fraction of sp³-hybridized carbons (Fsp3) is 0.0909. The average Bonchev–Trinajstić information content (AvgIpc) is 2.73. The Balaban J connectivity index is 1.64. The second kappa shape index (κ2) is 7.98. The van der Waals surface area contributed by atoms with Gasteiger partial charge in [-0.2, -0.15) is 18.2 Å². The van der Waals surface area contributed by atoms with E-state index in [4.69, 9.17) is 0 Å². The topological polar surface area (TPSA) is 49.8 Å². The predicted molar refractivity (Wildman–Crippen MR) is 108 cm³/mol. The van der Waals surface area contributed by atoms with Gasteiger partial charge in [-0.1, -0.05) is 30.3 Å². The molecule has 8 heteroatoms. The van der Waals surface area contributed by atoms with Gasteiger partial charge >= 0.3 is 6.18 Å². The number of fused-ring (bicyclic) bond motifs is 1. The van der Waals surface area contributed by atoms with Gasteiger partial charge in [0, 0.05) is 17.6 Å². The molecule has 4 rings (SSSR count). The molecule has 0 unspecified atom stereocenters. The van der Waals surface area contributed by atoms with E-state index in [-0.39, 0.29) is 17.5 Å². The molecule has 4 nitrogen and oxygen atoms in total. The van der Waals surface area contributed by atoms with E-state index in [1.54, 1.807) is 18.2 Å². The summed E-state index contributed by atoms with van der Waals surface area (Å²) in [7, 11) is 0. The molecule has 4 aromatic rings. The first kappa shape index (κ1) is 19.6. The Bertz CT molecular complexity index is 1170. The molecule has 152 valence electrons. The number of anilines is 3. The highest BCUT2D eigenvalue weighted by Gasteiger charge is 2.30. The lowest BCUT2D eigenvalue weighted by atomic mass is 10.2. The maximum Gasteiger partial charge on any atom is 0.416 e. The molecule has 30 heavy (non-hydrogen) atoms. The van der Waals surface area contributed by atoms with E-state index in [9.17, 15) is 17.6 Å². The van der Waals surface area contributed by atoms with Crippen molar-refractivity contribution >= 4 is 28.4 Å². The molecule has 0 amide bonds. The standard InChI is InChI=1S/C22H16F4N4/c23-16-10-8-14(9-11-16)13-27-20-18-6-1-2-7-19(18)29-21(30-20)28-17-5-3-4-15(12-17)22(24,25)26/h1-12H,13H2,(H2,27,28,29,30). The fourth-order valence-corrected chi connectivity index (χ4v) is 2.96. The lowest BCUT2D eigenvalue weighted by Gasteiger charge is -2.13. The molecule has 0 fully saturated rings. The highest BCUT2D eigenvalue weighted by Crippen LogP contribution is 2.31. The van der Waals surface area contributed by atoms with Crippen molar-refractivity contribution in [2.24, 2.45) is 0 Å². The van der Waals surface area contributed by atoms with Gasteiger partial charge in [-0.15, -0.1) is 0 Å². The monoisotopic (exact) mass is 412 g/mol. The van der Waals surface area contributed by atoms with Gasteiger partial charge in [-0.25, -0.2) is 9.37 Å². The van der Waals surface area contributed by atoms with E-state index in [2.05, 4.69) is 20.6 Å². The van der Waals surface area contributed by atoms with Crippen molar-refractivity contribution in [3.63, 3.8) is 0 Å². The summed E-state index contributed by atoms with van der Waals surface area (Å²) in [4.78, 5) is 8.83. The number of para-hydroxylation sites is 1. The summed E-state index contributed by atoms with van der Waals surface area (Å²) in [6, 6.07) is 18.2. The van der Waals surface area contributed by atoms with Gasteiger partial charge in [0.15, 0.2) is 0 Å². The third kappa shape index (κ3) is 4.48. The smallest absolute Gasteiger partial charge is 0.365 e. The fourth-order valence-electron chi connectivity index (χ4n) is 2.96. The molecule has 1 heterocycles. The van der Waals surface area contributed by atoms with Crippen molar-refractivity contribution in [3.05, 3.63) is 89.7 Å². The number of halogens is 4. The van der Waals surface area contributed by atoms with Gasteiger partial charge in [0.1, 0.15) is 11.6 Å². The summed E-state index contributed by atoms with van der Waals surface area (Å²) >= 11 is 0. The van der Waals surface area contributed by atoms with Crippen LogP contribution in [-0.4, -0.2) is 9.97 Å². The summed E-state index contributed by atoms with van der Waals surface area (Å²) in [5.74, 6) is 0.354. The van der Waals surface area contributed by atoms with Crippen molar-refractivity contribution in [3.8, 4) is 0 Å². The Kier molecular flexibility index (Phi) is 5.22. The van der Waals surface area contributed by atoms with E-state index in [0.717, 1.165) is 23.1 Å². The maximum absolute atomic E-state index is 13.1.